The van der Waals surface area contributed by atoms with Gasteiger partial charge in [-0.05, 0) is 0 Å². The summed E-state index contributed by atoms with van der Waals surface area (Å²) in [5.41, 5.74) is 5.35. The molecule has 0 rings (SSSR count). The van der Waals surface area contributed by atoms with Gasteiger partial charge in [-0.3, -0.25) is 0 Å². The molecule has 0 aliphatic carbocycles. The van der Waals surface area contributed by atoms with Gasteiger partial charge in [-0.25, -0.2) is 8.42 Å². The quantitative estimate of drug-likeness (QED) is 0.561. The lowest BCUT2D eigenvalue weighted by Gasteiger charge is -2.04. The first-order chi connectivity index (χ1) is 4.45. The Morgan fingerprint density at radius 3 is 2.50 bits per heavy atom. The van der Waals surface area contributed by atoms with Crippen LogP contribution in [0.5, 0.6) is 0 Å². The van der Waals surface area contributed by atoms with E-state index in [1.54, 1.807) is 0 Å². The molecule has 0 saturated heterocycles. The molecule has 0 aromatic rings. The maximum atomic E-state index is 10.6. The lowest BCUT2D eigenvalue weighted by atomic mass is 10.3. The van der Waals surface area contributed by atoms with Gasteiger partial charge in [0.15, 0.2) is 0 Å². The number of hydrogen-bond acceptors (Lipinski definition) is 3. The number of hydrogen-bond donors (Lipinski definition) is 1. The van der Waals surface area contributed by atoms with E-state index in [-0.39, 0.29) is 5.75 Å². The molecule has 0 aliphatic heterocycles. The summed E-state index contributed by atoms with van der Waals surface area (Å²) in [5, 5.41) is 0. The van der Waals surface area contributed by atoms with Crippen molar-refractivity contribution in [2.24, 2.45) is 5.73 Å². The molecule has 1 unspecified atom stereocenters. The number of sulfone groups is 1. The predicted molar refractivity (Wildman–Crippen MR) is 41.1 cm³/mol. The average molecular weight is 161 g/mol. The van der Waals surface area contributed by atoms with Crippen LogP contribution >= 0.6 is 0 Å². The van der Waals surface area contributed by atoms with Crippen LogP contribution in [0, 0.1) is 12.3 Å². The second-order valence-electron chi connectivity index (χ2n) is 2.26. The number of nitrogens with two attached hydrogens (primary N) is 1. The van der Waals surface area contributed by atoms with Gasteiger partial charge in [-0.15, -0.1) is 12.3 Å². The molecule has 0 heterocycles. The maximum absolute atomic E-state index is 10.6. The van der Waals surface area contributed by atoms with Gasteiger partial charge in [0.05, 0.1) is 5.75 Å². The van der Waals surface area contributed by atoms with Crippen LogP contribution in [0.3, 0.4) is 0 Å². The van der Waals surface area contributed by atoms with Gasteiger partial charge in [0.2, 0.25) is 0 Å². The predicted octanol–water partition coefficient (Wildman–Crippen LogP) is -0.618. The van der Waals surface area contributed by atoms with Crippen molar-refractivity contribution in [3.05, 3.63) is 0 Å². The highest BCUT2D eigenvalue weighted by atomic mass is 32.2. The van der Waals surface area contributed by atoms with Crippen LogP contribution in [0.2, 0.25) is 0 Å². The maximum Gasteiger partial charge on any atom is 0.149 e. The fourth-order valence-electron chi connectivity index (χ4n) is 0.599. The minimum atomic E-state index is -2.97. The highest BCUT2D eigenvalue weighted by Gasteiger charge is 2.08. The van der Waals surface area contributed by atoms with E-state index in [9.17, 15) is 8.42 Å². The van der Waals surface area contributed by atoms with Crippen molar-refractivity contribution < 1.29 is 8.42 Å². The second kappa shape index (κ2) is 3.59. The lowest BCUT2D eigenvalue weighted by molar-refractivity contribution is 0.593. The molecule has 10 heavy (non-hydrogen) atoms. The molecule has 0 amide bonds. The SMILES string of the molecule is C#CCC(N)CS(C)(=O)=O. The Kier molecular flexibility index (Phi) is 3.40. The standard InChI is InChI=1S/C6H11NO2S/c1-3-4-6(7)5-10(2,8)9/h1,6H,4-5,7H2,2H3. The molecule has 0 spiro atoms. The van der Waals surface area contributed by atoms with Gasteiger partial charge in [0.1, 0.15) is 9.84 Å². The summed E-state index contributed by atoms with van der Waals surface area (Å²) >= 11 is 0. The lowest BCUT2D eigenvalue weighted by Crippen LogP contribution is -2.28. The van der Waals surface area contributed by atoms with Crippen molar-refractivity contribution in [2.75, 3.05) is 12.0 Å². The second-order valence-corrected chi connectivity index (χ2v) is 4.45. The van der Waals surface area contributed by atoms with Crippen molar-refractivity contribution >= 4 is 9.84 Å². The Morgan fingerprint density at radius 1 is 1.70 bits per heavy atom. The van der Waals surface area contributed by atoms with Crippen molar-refractivity contribution in [3.63, 3.8) is 0 Å². The van der Waals surface area contributed by atoms with Gasteiger partial charge in [0.25, 0.3) is 0 Å². The van der Waals surface area contributed by atoms with E-state index in [0.29, 0.717) is 6.42 Å². The zero-order chi connectivity index (χ0) is 8.20. The Morgan fingerprint density at radius 2 is 2.20 bits per heavy atom. The Hall–Kier alpha value is -0.530. The summed E-state index contributed by atoms with van der Waals surface area (Å²) in [6, 6.07) is -0.417. The van der Waals surface area contributed by atoms with E-state index in [1.807, 2.05) is 0 Å². The van der Waals surface area contributed by atoms with Gasteiger partial charge in [-0.2, -0.15) is 0 Å². The molecule has 0 fully saturated rings. The van der Waals surface area contributed by atoms with Crippen molar-refractivity contribution in [3.8, 4) is 12.3 Å². The minimum Gasteiger partial charge on any atom is -0.326 e. The summed E-state index contributed by atoms with van der Waals surface area (Å²) in [6.45, 7) is 0. The van der Waals surface area contributed by atoms with Gasteiger partial charge in [-0.1, -0.05) is 0 Å². The van der Waals surface area contributed by atoms with E-state index in [2.05, 4.69) is 5.92 Å². The smallest absolute Gasteiger partial charge is 0.149 e. The third-order valence-electron chi connectivity index (χ3n) is 0.897. The molecule has 3 nitrogen and oxygen atoms in total. The minimum absolute atomic E-state index is 0.0306. The summed E-state index contributed by atoms with van der Waals surface area (Å²) < 4.78 is 21.1. The molecule has 4 heteroatoms. The molecule has 0 aromatic heterocycles. The average Bonchev–Trinajstić information content (AvgIpc) is 1.59. The summed E-state index contributed by atoms with van der Waals surface area (Å²) in [7, 11) is -2.97. The largest absolute Gasteiger partial charge is 0.326 e. The first-order valence-corrected chi connectivity index (χ1v) is 4.88. The topological polar surface area (TPSA) is 60.2 Å². The monoisotopic (exact) mass is 161 g/mol. The summed E-state index contributed by atoms with van der Waals surface area (Å²) in [5.74, 6) is 2.27. The van der Waals surface area contributed by atoms with Gasteiger partial charge in [0, 0.05) is 18.7 Å². The Labute approximate surface area is 61.5 Å². The van der Waals surface area contributed by atoms with Crippen LogP contribution in [0.4, 0.5) is 0 Å². The molecule has 0 radical (unpaired) electrons. The third kappa shape index (κ3) is 5.60. The molecule has 1 atom stereocenters. The Balaban J connectivity index is 3.83. The number of terminal acetylenes is 1. The summed E-state index contributed by atoms with van der Waals surface area (Å²) in [6.07, 6.45) is 6.38. The van der Waals surface area contributed by atoms with Crippen LogP contribution < -0.4 is 5.73 Å². The molecule has 2 N–H and O–H groups in total. The molecule has 58 valence electrons. The zero-order valence-electron chi connectivity index (χ0n) is 5.87. The van der Waals surface area contributed by atoms with E-state index >= 15 is 0 Å². The van der Waals surface area contributed by atoms with E-state index in [4.69, 9.17) is 12.2 Å². The van der Waals surface area contributed by atoms with Crippen LogP contribution in [-0.4, -0.2) is 26.5 Å². The summed E-state index contributed by atoms with van der Waals surface area (Å²) in [4.78, 5) is 0. The molecular formula is C6H11NO2S. The van der Waals surface area contributed by atoms with Crippen LogP contribution in [0.1, 0.15) is 6.42 Å². The van der Waals surface area contributed by atoms with Gasteiger partial charge < -0.3 is 5.73 Å². The molecule has 0 aromatic carbocycles. The van der Waals surface area contributed by atoms with Gasteiger partial charge >= 0.3 is 0 Å². The van der Waals surface area contributed by atoms with Crippen LogP contribution in [-0.2, 0) is 9.84 Å². The van der Waals surface area contributed by atoms with Crippen molar-refractivity contribution in [2.45, 2.75) is 12.5 Å². The zero-order valence-corrected chi connectivity index (χ0v) is 6.69. The molecule has 0 bridgehead atoms. The fraction of sp³-hybridized carbons (Fsp3) is 0.667. The van der Waals surface area contributed by atoms with E-state index in [0.717, 1.165) is 6.26 Å². The highest BCUT2D eigenvalue weighted by molar-refractivity contribution is 7.90. The normalized spacial score (nSPS) is 14.1. The Bertz CT molecular complexity index is 225. The fourth-order valence-corrected chi connectivity index (χ4v) is 1.49. The number of rotatable bonds is 3. The molecule has 0 saturated carbocycles. The van der Waals surface area contributed by atoms with E-state index < -0.39 is 15.9 Å². The van der Waals surface area contributed by atoms with Crippen molar-refractivity contribution in [1.29, 1.82) is 0 Å². The molecular weight excluding hydrogens is 150 g/mol. The highest BCUT2D eigenvalue weighted by Crippen LogP contribution is 1.91. The van der Waals surface area contributed by atoms with E-state index in [1.165, 1.54) is 0 Å². The van der Waals surface area contributed by atoms with Crippen LogP contribution in [0.25, 0.3) is 0 Å². The molecule has 0 aliphatic rings. The van der Waals surface area contributed by atoms with Crippen LogP contribution in [0.15, 0.2) is 0 Å². The first-order valence-electron chi connectivity index (χ1n) is 2.82. The third-order valence-corrected chi connectivity index (χ3v) is 1.93. The first kappa shape index (κ1) is 9.47. The van der Waals surface area contributed by atoms with Crippen molar-refractivity contribution in [1.82, 2.24) is 0 Å².